The standard InChI is InChI=1S/C17H16N2O2/c18-12-14-6-8-15(9-7-14)13-19(11-10-17(20)21)16-4-2-1-3-5-16/h1-9H,10-11,13H2,(H,20,21). The van der Waals surface area contributed by atoms with Gasteiger partial charge in [0.15, 0.2) is 0 Å². The Labute approximate surface area is 123 Å². The van der Waals surface area contributed by atoms with Crippen molar-refractivity contribution in [1.29, 1.82) is 5.26 Å². The molecule has 0 aliphatic heterocycles. The van der Waals surface area contributed by atoms with Crippen molar-refractivity contribution in [3.63, 3.8) is 0 Å². The zero-order valence-corrected chi connectivity index (χ0v) is 11.6. The van der Waals surface area contributed by atoms with Crippen LogP contribution in [0.15, 0.2) is 54.6 Å². The number of benzene rings is 2. The molecule has 0 saturated carbocycles. The van der Waals surface area contributed by atoms with E-state index in [1.54, 1.807) is 12.1 Å². The van der Waals surface area contributed by atoms with Crippen LogP contribution in [-0.2, 0) is 11.3 Å². The number of aliphatic carboxylic acids is 1. The number of hydrogen-bond acceptors (Lipinski definition) is 3. The lowest BCUT2D eigenvalue weighted by molar-refractivity contribution is -0.136. The van der Waals surface area contributed by atoms with E-state index < -0.39 is 5.97 Å². The topological polar surface area (TPSA) is 64.3 Å². The predicted molar refractivity (Wildman–Crippen MR) is 80.9 cm³/mol. The average molecular weight is 280 g/mol. The largest absolute Gasteiger partial charge is 0.481 e. The van der Waals surface area contributed by atoms with Crippen LogP contribution in [0.1, 0.15) is 17.5 Å². The van der Waals surface area contributed by atoms with E-state index in [1.807, 2.05) is 47.4 Å². The van der Waals surface area contributed by atoms with Gasteiger partial charge in [-0.1, -0.05) is 30.3 Å². The summed E-state index contributed by atoms with van der Waals surface area (Å²) in [7, 11) is 0. The van der Waals surface area contributed by atoms with Crippen molar-refractivity contribution >= 4 is 11.7 Å². The molecule has 21 heavy (non-hydrogen) atoms. The lowest BCUT2D eigenvalue weighted by atomic mass is 10.1. The molecule has 2 rings (SSSR count). The Morgan fingerprint density at radius 1 is 1.10 bits per heavy atom. The van der Waals surface area contributed by atoms with Crippen LogP contribution in [0.5, 0.6) is 0 Å². The Morgan fingerprint density at radius 3 is 2.33 bits per heavy atom. The normalized spacial score (nSPS) is 9.86. The minimum atomic E-state index is -0.809. The van der Waals surface area contributed by atoms with Crippen molar-refractivity contribution in [3.8, 4) is 6.07 Å². The summed E-state index contributed by atoms with van der Waals surface area (Å²) in [5.74, 6) is -0.809. The molecule has 2 aromatic carbocycles. The fourth-order valence-electron chi connectivity index (χ4n) is 2.07. The summed E-state index contributed by atoms with van der Waals surface area (Å²) in [6.45, 7) is 1.06. The molecule has 0 unspecified atom stereocenters. The lowest BCUT2D eigenvalue weighted by Gasteiger charge is -2.24. The average Bonchev–Trinajstić information content (AvgIpc) is 2.52. The van der Waals surface area contributed by atoms with Gasteiger partial charge in [0, 0.05) is 18.8 Å². The van der Waals surface area contributed by atoms with Crippen LogP contribution in [0, 0.1) is 11.3 Å². The molecule has 0 fully saturated rings. The highest BCUT2D eigenvalue weighted by molar-refractivity contribution is 5.67. The second-order valence-corrected chi connectivity index (χ2v) is 4.71. The van der Waals surface area contributed by atoms with Gasteiger partial charge in [-0.05, 0) is 29.8 Å². The van der Waals surface area contributed by atoms with Crippen molar-refractivity contribution in [1.82, 2.24) is 0 Å². The maximum Gasteiger partial charge on any atom is 0.305 e. The fourth-order valence-corrected chi connectivity index (χ4v) is 2.07. The number of anilines is 1. The minimum absolute atomic E-state index is 0.0885. The Balaban J connectivity index is 2.15. The second-order valence-electron chi connectivity index (χ2n) is 4.71. The van der Waals surface area contributed by atoms with Gasteiger partial charge in [-0.2, -0.15) is 5.26 Å². The Bertz CT molecular complexity index is 630. The maximum atomic E-state index is 10.8. The molecule has 0 saturated heterocycles. The lowest BCUT2D eigenvalue weighted by Crippen LogP contribution is -2.25. The first-order chi connectivity index (χ1) is 10.2. The summed E-state index contributed by atoms with van der Waals surface area (Å²) in [6.07, 6.45) is 0.0885. The van der Waals surface area contributed by atoms with Crippen LogP contribution in [0.3, 0.4) is 0 Å². The number of carbonyl (C=O) groups is 1. The van der Waals surface area contributed by atoms with Crippen molar-refractivity contribution in [2.45, 2.75) is 13.0 Å². The van der Waals surface area contributed by atoms with Gasteiger partial charge in [0.1, 0.15) is 0 Å². The first-order valence-electron chi connectivity index (χ1n) is 6.70. The molecule has 106 valence electrons. The molecule has 0 aliphatic rings. The van der Waals surface area contributed by atoms with E-state index in [1.165, 1.54) is 0 Å². The van der Waals surface area contributed by atoms with Gasteiger partial charge in [0.25, 0.3) is 0 Å². The molecule has 0 radical (unpaired) electrons. The number of hydrogen-bond donors (Lipinski definition) is 1. The van der Waals surface area contributed by atoms with E-state index in [0.717, 1.165) is 11.3 Å². The molecule has 0 bridgehead atoms. The molecule has 0 amide bonds. The molecule has 0 heterocycles. The Hall–Kier alpha value is -2.80. The number of carboxylic acid groups (broad SMARTS) is 1. The van der Waals surface area contributed by atoms with E-state index in [4.69, 9.17) is 10.4 Å². The Morgan fingerprint density at radius 2 is 1.76 bits per heavy atom. The molecule has 0 spiro atoms. The van der Waals surface area contributed by atoms with Gasteiger partial charge in [-0.25, -0.2) is 0 Å². The second kappa shape index (κ2) is 7.11. The quantitative estimate of drug-likeness (QED) is 0.883. The van der Waals surface area contributed by atoms with Gasteiger partial charge in [-0.15, -0.1) is 0 Å². The zero-order chi connectivity index (χ0) is 15.1. The third-order valence-electron chi connectivity index (χ3n) is 3.17. The third kappa shape index (κ3) is 4.36. The number of nitrogens with zero attached hydrogens (tertiary/aromatic N) is 2. The van der Waals surface area contributed by atoms with Crippen LogP contribution >= 0.6 is 0 Å². The molecule has 0 atom stereocenters. The van der Waals surface area contributed by atoms with E-state index in [2.05, 4.69) is 6.07 Å². The molecule has 4 heteroatoms. The zero-order valence-electron chi connectivity index (χ0n) is 11.6. The summed E-state index contributed by atoms with van der Waals surface area (Å²) >= 11 is 0. The van der Waals surface area contributed by atoms with Crippen molar-refractivity contribution in [3.05, 3.63) is 65.7 Å². The monoisotopic (exact) mass is 280 g/mol. The highest BCUT2D eigenvalue weighted by Crippen LogP contribution is 2.17. The van der Waals surface area contributed by atoms with Gasteiger partial charge in [0.05, 0.1) is 18.1 Å². The SMILES string of the molecule is N#Cc1ccc(CN(CCC(=O)O)c2ccccc2)cc1. The Kier molecular flexibility index (Phi) is 4.94. The van der Waals surface area contributed by atoms with Crippen LogP contribution in [0.4, 0.5) is 5.69 Å². The molecular formula is C17H16N2O2. The van der Waals surface area contributed by atoms with E-state index >= 15 is 0 Å². The number of para-hydroxylation sites is 1. The number of carboxylic acids is 1. The first-order valence-corrected chi connectivity index (χ1v) is 6.70. The van der Waals surface area contributed by atoms with E-state index in [0.29, 0.717) is 18.7 Å². The van der Waals surface area contributed by atoms with Gasteiger partial charge >= 0.3 is 5.97 Å². The maximum absolute atomic E-state index is 10.8. The van der Waals surface area contributed by atoms with Crippen molar-refractivity contribution < 1.29 is 9.90 Å². The van der Waals surface area contributed by atoms with Gasteiger partial charge < -0.3 is 10.0 Å². The van der Waals surface area contributed by atoms with Crippen LogP contribution in [-0.4, -0.2) is 17.6 Å². The third-order valence-corrected chi connectivity index (χ3v) is 3.17. The van der Waals surface area contributed by atoms with Gasteiger partial charge in [-0.3, -0.25) is 4.79 Å². The highest BCUT2D eigenvalue weighted by atomic mass is 16.4. The highest BCUT2D eigenvalue weighted by Gasteiger charge is 2.09. The van der Waals surface area contributed by atoms with Crippen LogP contribution in [0.2, 0.25) is 0 Å². The molecule has 0 aromatic heterocycles. The molecular weight excluding hydrogens is 264 g/mol. The van der Waals surface area contributed by atoms with Crippen molar-refractivity contribution in [2.24, 2.45) is 0 Å². The number of rotatable bonds is 6. The molecule has 2 aromatic rings. The summed E-state index contributed by atoms with van der Waals surface area (Å²) in [5, 5.41) is 17.7. The summed E-state index contributed by atoms with van der Waals surface area (Å²) in [5.41, 5.74) is 2.65. The fraction of sp³-hybridized carbons (Fsp3) is 0.176. The molecule has 0 aliphatic carbocycles. The summed E-state index contributed by atoms with van der Waals surface area (Å²) in [4.78, 5) is 12.8. The minimum Gasteiger partial charge on any atom is -0.481 e. The molecule has 1 N–H and O–H groups in total. The summed E-state index contributed by atoms with van der Waals surface area (Å²) < 4.78 is 0. The first kappa shape index (κ1) is 14.6. The smallest absolute Gasteiger partial charge is 0.305 e. The van der Waals surface area contributed by atoms with Crippen LogP contribution in [0.25, 0.3) is 0 Å². The van der Waals surface area contributed by atoms with E-state index in [-0.39, 0.29) is 6.42 Å². The van der Waals surface area contributed by atoms with Crippen molar-refractivity contribution in [2.75, 3.05) is 11.4 Å². The number of nitriles is 1. The summed E-state index contributed by atoms with van der Waals surface area (Å²) in [6, 6.07) is 19.2. The predicted octanol–water partition coefficient (Wildman–Crippen LogP) is 3.04. The van der Waals surface area contributed by atoms with Gasteiger partial charge in [0.2, 0.25) is 0 Å². The van der Waals surface area contributed by atoms with Crippen LogP contribution < -0.4 is 4.90 Å². The van der Waals surface area contributed by atoms with E-state index in [9.17, 15) is 4.79 Å². The molecule has 4 nitrogen and oxygen atoms in total.